The summed E-state index contributed by atoms with van der Waals surface area (Å²) >= 11 is 0. The van der Waals surface area contributed by atoms with Crippen LogP contribution in [0.15, 0.2) is 11.6 Å². The van der Waals surface area contributed by atoms with Crippen molar-refractivity contribution >= 4 is 5.97 Å². The fraction of sp³-hybridized carbons (Fsp3) is 0.727. The van der Waals surface area contributed by atoms with Crippen LogP contribution in [0.2, 0.25) is 0 Å². The van der Waals surface area contributed by atoms with Crippen LogP contribution in [0.3, 0.4) is 0 Å². The van der Waals surface area contributed by atoms with Gasteiger partial charge in [0.25, 0.3) is 0 Å². The maximum absolute atomic E-state index is 10.7. The number of allylic oxidation sites excluding steroid dienone is 1. The predicted octanol–water partition coefficient (Wildman–Crippen LogP) is 3.23. The number of carboxylic acids is 1. The van der Waals surface area contributed by atoms with Gasteiger partial charge in [-0.05, 0) is 19.8 Å². The summed E-state index contributed by atoms with van der Waals surface area (Å²) in [6, 6.07) is 0. The molecular formula is C11H20O2. The summed E-state index contributed by atoms with van der Waals surface area (Å²) in [6.45, 7) is 5.90. The van der Waals surface area contributed by atoms with Crippen LogP contribution in [-0.2, 0) is 4.79 Å². The molecule has 0 aliphatic heterocycles. The third-order valence-electron chi connectivity index (χ3n) is 2.30. The van der Waals surface area contributed by atoms with E-state index in [9.17, 15) is 4.79 Å². The Bertz CT molecular complexity index is 183. The van der Waals surface area contributed by atoms with Crippen LogP contribution in [-0.4, -0.2) is 11.1 Å². The first-order valence-electron chi connectivity index (χ1n) is 5.05. The smallest absolute Gasteiger partial charge is 0.310 e. The molecule has 1 N–H and O–H groups in total. The van der Waals surface area contributed by atoms with E-state index < -0.39 is 5.97 Å². The first-order chi connectivity index (χ1) is 6.13. The molecule has 0 aliphatic carbocycles. The van der Waals surface area contributed by atoms with Crippen LogP contribution < -0.4 is 0 Å². The van der Waals surface area contributed by atoms with Crippen molar-refractivity contribution in [2.45, 2.75) is 46.5 Å². The fourth-order valence-electron chi connectivity index (χ4n) is 1.28. The van der Waals surface area contributed by atoms with Gasteiger partial charge in [0.05, 0.1) is 5.92 Å². The Morgan fingerprint density at radius 3 is 2.46 bits per heavy atom. The molecule has 2 heteroatoms. The third kappa shape index (κ3) is 4.71. The Labute approximate surface area is 80.7 Å². The molecule has 0 saturated carbocycles. The van der Waals surface area contributed by atoms with Gasteiger partial charge in [-0.25, -0.2) is 0 Å². The van der Waals surface area contributed by atoms with Gasteiger partial charge in [0, 0.05) is 0 Å². The first-order valence-corrected chi connectivity index (χ1v) is 5.05. The van der Waals surface area contributed by atoms with E-state index in [0.717, 1.165) is 31.3 Å². The average molecular weight is 184 g/mol. The molecule has 0 aliphatic rings. The molecule has 0 spiro atoms. The number of unbranched alkanes of at least 4 members (excludes halogenated alkanes) is 2. The predicted molar refractivity (Wildman–Crippen MR) is 54.7 cm³/mol. The van der Waals surface area contributed by atoms with E-state index in [1.54, 1.807) is 6.92 Å². The molecule has 0 fully saturated rings. The van der Waals surface area contributed by atoms with Crippen molar-refractivity contribution in [1.29, 1.82) is 0 Å². The molecule has 0 aromatic heterocycles. The topological polar surface area (TPSA) is 37.3 Å². The normalized spacial score (nSPS) is 14.2. The van der Waals surface area contributed by atoms with Crippen LogP contribution in [0, 0.1) is 5.92 Å². The van der Waals surface area contributed by atoms with Gasteiger partial charge >= 0.3 is 5.97 Å². The van der Waals surface area contributed by atoms with E-state index in [4.69, 9.17) is 5.11 Å². The van der Waals surface area contributed by atoms with Gasteiger partial charge in [0.2, 0.25) is 0 Å². The number of hydrogen-bond acceptors (Lipinski definition) is 1. The van der Waals surface area contributed by atoms with Gasteiger partial charge in [-0.15, -0.1) is 0 Å². The average Bonchev–Trinajstić information content (AvgIpc) is 2.11. The second-order valence-corrected chi connectivity index (χ2v) is 3.33. The lowest BCUT2D eigenvalue weighted by Gasteiger charge is -2.09. The Hall–Kier alpha value is -0.790. The van der Waals surface area contributed by atoms with Gasteiger partial charge in [-0.2, -0.15) is 0 Å². The summed E-state index contributed by atoms with van der Waals surface area (Å²) in [5, 5.41) is 8.80. The van der Waals surface area contributed by atoms with Crippen LogP contribution in [0.5, 0.6) is 0 Å². The van der Waals surface area contributed by atoms with Crippen LogP contribution in [0.25, 0.3) is 0 Å². The van der Waals surface area contributed by atoms with Gasteiger partial charge in [-0.3, -0.25) is 4.79 Å². The van der Waals surface area contributed by atoms with Crippen molar-refractivity contribution in [3.63, 3.8) is 0 Å². The Balaban J connectivity index is 4.14. The molecule has 0 heterocycles. The zero-order valence-electron chi connectivity index (χ0n) is 8.84. The summed E-state index contributed by atoms with van der Waals surface area (Å²) in [6.07, 6.45) is 6.25. The minimum Gasteiger partial charge on any atom is -0.481 e. The summed E-state index contributed by atoms with van der Waals surface area (Å²) in [5.74, 6) is -1.04. The van der Waals surface area contributed by atoms with Gasteiger partial charge in [-0.1, -0.05) is 38.3 Å². The lowest BCUT2D eigenvalue weighted by molar-refractivity contribution is -0.139. The van der Waals surface area contributed by atoms with Crippen LogP contribution in [0.1, 0.15) is 46.5 Å². The highest BCUT2D eigenvalue weighted by Gasteiger charge is 2.13. The second-order valence-electron chi connectivity index (χ2n) is 3.33. The molecule has 0 amide bonds. The number of aliphatic carboxylic acids is 1. The summed E-state index contributed by atoms with van der Waals surface area (Å²) in [7, 11) is 0. The van der Waals surface area contributed by atoms with Crippen molar-refractivity contribution in [1.82, 2.24) is 0 Å². The lowest BCUT2D eigenvalue weighted by atomic mass is 9.97. The molecule has 1 unspecified atom stereocenters. The number of rotatable bonds is 6. The quantitative estimate of drug-likeness (QED) is 0.508. The number of hydrogen-bond donors (Lipinski definition) is 1. The highest BCUT2D eigenvalue weighted by Crippen LogP contribution is 2.16. The monoisotopic (exact) mass is 184 g/mol. The first kappa shape index (κ1) is 12.2. The van der Waals surface area contributed by atoms with Crippen molar-refractivity contribution in [3.8, 4) is 0 Å². The van der Waals surface area contributed by atoms with E-state index in [1.807, 2.05) is 6.92 Å². The van der Waals surface area contributed by atoms with E-state index >= 15 is 0 Å². The number of carbonyl (C=O) groups is 1. The van der Waals surface area contributed by atoms with Crippen molar-refractivity contribution < 1.29 is 9.90 Å². The molecular weight excluding hydrogens is 164 g/mol. The minimum atomic E-state index is -0.718. The van der Waals surface area contributed by atoms with Gasteiger partial charge in [0.1, 0.15) is 0 Å². The second kappa shape index (κ2) is 6.70. The Morgan fingerprint density at radius 2 is 2.08 bits per heavy atom. The standard InChI is InChI=1S/C11H20O2/c1-4-6-7-8-10(5-2)9(3)11(12)13/h8-9H,4-7H2,1-3H3,(H,12,13)/b10-8-. The van der Waals surface area contributed by atoms with E-state index in [2.05, 4.69) is 13.0 Å². The van der Waals surface area contributed by atoms with Crippen LogP contribution >= 0.6 is 0 Å². The molecule has 0 bridgehead atoms. The van der Waals surface area contributed by atoms with E-state index in [0.29, 0.717) is 0 Å². The molecule has 0 aromatic carbocycles. The molecule has 0 radical (unpaired) electrons. The van der Waals surface area contributed by atoms with Crippen molar-refractivity contribution in [2.24, 2.45) is 5.92 Å². The van der Waals surface area contributed by atoms with E-state index in [-0.39, 0.29) is 5.92 Å². The minimum absolute atomic E-state index is 0.318. The van der Waals surface area contributed by atoms with Crippen molar-refractivity contribution in [3.05, 3.63) is 11.6 Å². The zero-order valence-corrected chi connectivity index (χ0v) is 8.84. The Morgan fingerprint density at radius 1 is 1.46 bits per heavy atom. The highest BCUT2D eigenvalue weighted by atomic mass is 16.4. The zero-order chi connectivity index (χ0) is 10.3. The third-order valence-corrected chi connectivity index (χ3v) is 2.30. The van der Waals surface area contributed by atoms with Crippen molar-refractivity contribution in [2.75, 3.05) is 0 Å². The molecule has 2 nitrogen and oxygen atoms in total. The Kier molecular flexibility index (Phi) is 6.29. The lowest BCUT2D eigenvalue weighted by Crippen LogP contribution is -2.11. The largest absolute Gasteiger partial charge is 0.481 e. The highest BCUT2D eigenvalue weighted by molar-refractivity contribution is 5.73. The van der Waals surface area contributed by atoms with Gasteiger partial charge in [0.15, 0.2) is 0 Å². The molecule has 76 valence electrons. The maximum Gasteiger partial charge on any atom is 0.310 e. The number of carboxylic acid groups (broad SMARTS) is 1. The summed E-state index contributed by atoms with van der Waals surface area (Å²) < 4.78 is 0. The SMILES string of the molecule is CCCC/C=C(/CC)C(C)C(=O)O. The summed E-state index contributed by atoms with van der Waals surface area (Å²) in [4.78, 5) is 10.7. The fourth-order valence-corrected chi connectivity index (χ4v) is 1.28. The maximum atomic E-state index is 10.7. The van der Waals surface area contributed by atoms with E-state index in [1.165, 1.54) is 0 Å². The summed E-state index contributed by atoms with van der Waals surface area (Å²) in [5.41, 5.74) is 1.06. The molecule has 1 atom stereocenters. The molecule has 13 heavy (non-hydrogen) atoms. The molecule has 0 rings (SSSR count). The van der Waals surface area contributed by atoms with Crippen LogP contribution in [0.4, 0.5) is 0 Å². The molecule has 0 aromatic rings. The van der Waals surface area contributed by atoms with Gasteiger partial charge < -0.3 is 5.11 Å². The molecule has 0 saturated heterocycles.